The van der Waals surface area contributed by atoms with E-state index in [4.69, 9.17) is 0 Å². The minimum absolute atomic E-state index is 0.514. The number of nitrogens with one attached hydrogen (secondary N) is 2. The lowest BCUT2D eigenvalue weighted by Crippen LogP contribution is -2.34. The van der Waals surface area contributed by atoms with E-state index in [-0.39, 0.29) is 0 Å². The smallest absolute Gasteiger partial charge is 0.151 e. The van der Waals surface area contributed by atoms with Gasteiger partial charge in [0.1, 0.15) is 11.4 Å². The lowest BCUT2D eigenvalue weighted by Gasteiger charge is -2.35. The highest BCUT2D eigenvalue weighted by molar-refractivity contribution is 6.25. The zero-order chi connectivity index (χ0) is 30.7. The van der Waals surface area contributed by atoms with Crippen LogP contribution in [0.5, 0.6) is 0 Å². The number of rotatable bonds is 5. The molecule has 218 valence electrons. The first-order chi connectivity index (χ1) is 22.7. The second-order valence-corrected chi connectivity index (χ2v) is 12.2. The third-order valence-electron chi connectivity index (χ3n) is 9.70. The number of H-pyrrole nitrogens is 2. The van der Waals surface area contributed by atoms with Gasteiger partial charge < -0.3 is 9.97 Å². The minimum Gasteiger partial charge on any atom is -0.354 e. The molecule has 0 bridgehead atoms. The van der Waals surface area contributed by atoms with Gasteiger partial charge in [0.05, 0.1) is 18.1 Å². The standard InChI is InChI=1S/C43H32N3/c1-46(31-16-7-3-8-17-31,32-18-9-4-10-19-32)40-28-30(29-14-5-2-6-15-29)24-25-34(40)35-21-13-22-37-41-39(45-42(35)37)27-26-36-33-20-11-12-23-38(33)44-43(36)41/h2-28,44-45H,1H3/q+1. The van der Waals surface area contributed by atoms with Crippen LogP contribution in [0.15, 0.2) is 164 Å². The second-order valence-electron chi connectivity index (χ2n) is 12.2. The predicted molar refractivity (Wildman–Crippen MR) is 196 cm³/mol. The van der Waals surface area contributed by atoms with Gasteiger partial charge in [0.2, 0.25) is 0 Å². The Kier molecular flexibility index (Phi) is 5.95. The molecule has 0 spiro atoms. The number of benzene rings is 7. The summed E-state index contributed by atoms with van der Waals surface area (Å²) in [7, 11) is 2.32. The molecular formula is C43H32N3+. The molecule has 0 aliphatic carbocycles. The van der Waals surface area contributed by atoms with E-state index in [0.717, 1.165) is 16.6 Å². The van der Waals surface area contributed by atoms with Crippen LogP contribution in [0.4, 0.5) is 17.1 Å². The maximum atomic E-state index is 3.86. The molecule has 9 rings (SSSR count). The summed E-state index contributed by atoms with van der Waals surface area (Å²) < 4.78 is 0.514. The number of quaternary nitrogens is 1. The molecule has 0 fully saturated rings. The minimum atomic E-state index is 0.514. The van der Waals surface area contributed by atoms with Crippen LogP contribution in [0.1, 0.15) is 0 Å². The maximum absolute atomic E-state index is 3.86. The van der Waals surface area contributed by atoms with E-state index in [1.54, 1.807) is 0 Å². The molecule has 2 N–H and O–H groups in total. The van der Waals surface area contributed by atoms with Crippen molar-refractivity contribution in [3.8, 4) is 22.3 Å². The molecule has 46 heavy (non-hydrogen) atoms. The predicted octanol–water partition coefficient (Wildman–Crippen LogP) is 11.9. The Morgan fingerprint density at radius 3 is 1.78 bits per heavy atom. The lowest BCUT2D eigenvalue weighted by atomic mass is 9.94. The number of hydrogen-bond acceptors (Lipinski definition) is 0. The molecule has 0 aliphatic rings. The van der Waals surface area contributed by atoms with Crippen molar-refractivity contribution in [2.75, 3.05) is 7.05 Å². The van der Waals surface area contributed by atoms with E-state index < -0.39 is 0 Å². The zero-order valence-electron chi connectivity index (χ0n) is 25.5. The summed E-state index contributed by atoms with van der Waals surface area (Å²) in [5.41, 5.74) is 13.0. The Morgan fingerprint density at radius 2 is 1.04 bits per heavy atom. The van der Waals surface area contributed by atoms with Crippen LogP contribution in [0.2, 0.25) is 0 Å². The summed E-state index contributed by atoms with van der Waals surface area (Å²) >= 11 is 0. The van der Waals surface area contributed by atoms with Gasteiger partial charge in [-0.2, -0.15) is 0 Å². The average molecular weight is 591 g/mol. The first kappa shape index (κ1) is 26.5. The van der Waals surface area contributed by atoms with Gasteiger partial charge in [0.25, 0.3) is 0 Å². The summed E-state index contributed by atoms with van der Waals surface area (Å²) in [6, 6.07) is 59.1. The first-order valence-electron chi connectivity index (χ1n) is 15.8. The van der Waals surface area contributed by atoms with Gasteiger partial charge in [-0.3, -0.25) is 0 Å². The number of aromatic nitrogens is 2. The van der Waals surface area contributed by atoms with Gasteiger partial charge in [0.15, 0.2) is 5.69 Å². The molecule has 0 unspecified atom stereocenters. The van der Waals surface area contributed by atoms with Gasteiger partial charge in [-0.05, 0) is 53.6 Å². The fourth-order valence-corrected chi connectivity index (χ4v) is 7.38. The van der Waals surface area contributed by atoms with E-state index in [0.29, 0.717) is 4.48 Å². The van der Waals surface area contributed by atoms with Crippen LogP contribution < -0.4 is 4.48 Å². The van der Waals surface area contributed by atoms with Crippen molar-refractivity contribution in [1.82, 2.24) is 14.5 Å². The largest absolute Gasteiger partial charge is 0.354 e. The first-order valence-corrected chi connectivity index (χ1v) is 15.8. The Balaban J connectivity index is 1.37. The summed E-state index contributed by atoms with van der Waals surface area (Å²) in [5.74, 6) is 0. The molecular weight excluding hydrogens is 558 g/mol. The maximum Gasteiger partial charge on any atom is 0.151 e. The number of aromatic amines is 2. The van der Waals surface area contributed by atoms with Crippen LogP contribution in [-0.2, 0) is 0 Å². The molecule has 0 saturated heterocycles. The summed E-state index contributed by atoms with van der Waals surface area (Å²) in [4.78, 5) is 7.60. The Hall–Kier alpha value is -5.90. The highest BCUT2D eigenvalue weighted by Crippen LogP contribution is 2.49. The zero-order valence-corrected chi connectivity index (χ0v) is 25.5. The molecule has 0 atom stereocenters. The van der Waals surface area contributed by atoms with Gasteiger partial charge in [-0.25, -0.2) is 4.48 Å². The van der Waals surface area contributed by atoms with Crippen molar-refractivity contribution >= 4 is 60.7 Å². The molecule has 3 heteroatoms. The lowest BCUT2D eigenvalue weighted by molar-refractivity contribution is 0.629. The van der Waals surface area contributed by atoms with Crippen molar-refractivity contribution in [3.63, 3.8) is 0 Å². The fraction of sp³-hybridized carbons (Fsp3) is 0.0233. The van der Waals surface area contributed by atoms with Crippen molar-refractivity contribution < 1.29 is 0 Å². The summed E-state index contributed by atoms with van der Waals surface area (Å²) in [6.45, 7) is 0. The molecule has 9 aromatic rings. The fourth-order valence-electron chi connectivity index (χ4n) is 7.38. The van der Waals surface area contributed by atoms with Crippen LogP contribution >= 0.6 is 0 Å². The number of fused-ring (bicyclic) bond motifs is 7. The summed E-state index contributed by atoms with van der Waals surface area (Å²) in [6.07, 6.45) is 0. The van der Waals surface area contributed by atoms with E-state index in [1.165, 1.54) is 66.4 Å². The number of nitrogens with zero attached hydrogens (tertiary/aromatic N) is 1. The van der Waals surface area contributed by atoms with E-state index >= 15 is 0 Å². The van der Waals surface area contributed by atoms with Crippen LogP contribution in [-0.4, -0.2) is 17.0 Å². The Morgan fingerprint density at radius 1 is 0.413 bits per heavy atom. The van der Waals surface area contributed by atoms with E-state index in [9.17, 15) is 0 Å². The molecule has 0 radical (unpaired) electrons. The molecule has 2 heterocycles. The van der Waals surface area contributed by atoms with Crippen molar-refractivity contribution in [2.45, 2.75) is 0 Å². The van der Waals surface area contributed by atoms with Crippen LogP contribution in [0.25, 0.3) is 65.9 Å². The Bertz CT molecular complexity index is 2480. The average Bonchev–Trinajstić information content (AvgIpc) is 3.71. The molecule has 0 amide bonds. The van der Waals surface area contributed by atoms with Crippen molar-refractivity contribution in [2.24, 2.45) is 0 Å². The van der Waals surface area contributed by atoms with E-state index in [2.05, 4.69) is 181 Å². The van der Waals surface area contributed by atoms with Gasteiger partial charge in [0, 0.05) is 49.8 Å². The highest BCUT2D eigenvalue weighted by atomic mass is 15.3. The normalized spacial score (nSPS) is 12.0. The van der Waals surface area contributed by atoms with Crippen molar-refractivity contribution in [3.05, 3.63) is 164 Å². The van der Waals surface area contributed by atoms with Gasteiger partial charge in [-0.1, -0.05) is 115 Å². The van der Waals surface area contributed by atoms with Crippen LogP contribution in [0, 0.1) is 0 Å². The van der Waals surface area contributed by atoms with E-state index in [1.807, 2.05) is 0 Å². The Labute approximate surface area is 267 Å². The number of para-hydroxylation sites is 4. The summed E-state index contributed by atoms with van der Waals surface area (Å²) in [5, 5.41) is 4.95. The third-order valence-corrected chi connectivity index (χ3v) is 9.70. The third kappa shape index (κ3) is 3.96. The quantitative estimate of drug-likeness (QED) is 0.187. The number of hydrogen-bond donors (Lipinski definition) is 2. The highest BCUT2D eigenvalue weighted by Gasteiger charge is 2.35. The van der Waals surface area contributed by atoms with Gasteiger partial charge in [-0.15, -0.1) is 0 Å². The van der Waals surface area contributed by atoms with Crippen molar-refractivity contribution in [1.29, 1.82) is 0 Å². The monoisotopic (exact) mass is 590 g/mol. The topological polar surface area (TPSA) is 31.6 Å². The molecule has 2 aromatic heterocycles. The second kappa shape index (κ2) is 10.3. The SMILES string of the molecule is C[N+](c1ccccc1)(c1ccccc1)c1cc(-c2ccccc2)ccc1-c1cccc2c1[nH]c1ccc3c4ccccc4[nH]c3c12. The molecule has 0 aliphatic heterocycles. The molecule has 0 saturated carbocycles. The van der Waals surface area contributed by atoms with Crippen LogP contribution in [0.3, 0.4) is 0 Å². The molecule has 7 aromatic carbocycles. The molecule has 3 nitrogen and oxygen atoms in total. The van der Waals surface area contributed by atoms with Gasteiger partial charge >= 0.3 is 0 Å².